The lowest BCUT2D eigenvalue weighted by molar-refractivity contribution is 1.05. The number of benzene rings is 1. The molecule has 0 amide bonds. The van der Waals surface area contributed by atoms with Crippen molar-refractivity contribution in [2.24, 2.45) is 0 Å². The number of hydrogen-bond donors (Lipinski definition) is 1. The lowest BCUT2D eigenvalue weighted by Gasteiger charge is -1.99. The van der Waals surface area contributed by atoms with Crippen LogP contribution in [0.25, 0.3) is 10.9 Å². The van der Waals surface area contributed by atoms with Gasteiger partial charge in [-0.15, -0.1) is 0 Å². The van der Waals surface area contributed by atoms with E-state index >= 15 is 0 Å². The first kappa shape index (κ1) is 9.86. The zero-order valence-electron chi connectivity index (χ0n) is 7.05. The zero-order chi connectivity index (χ0) is 10.1. The van der Waals surface area contributed by atoms with Gasteiger partial charge in [0.05, 0.1) is 16.2 Å². The molecule has 5 heteroatoms. The number of hydrogen-bond acceptors (Lipinski definition) is 2. The molecule has 0 unspecified atom stereocenters. The Morgan fingerprint density at radius 3 is 2.93 bits per heavy atom. The molecule has 0 bridgehead atoms. The summed E-state index contributed by atoms with van der Waals surface area (Å²) in [7, 11) is 0. The molecule has 1 heterocycles. The van der Waals surface area contributed by atoms with E-state index in [2.05, 4.69) is 41.8 Å². The number of fused-ring (bicyclic) bond motifs is 1. The number of rotatable bonds is 1. The number of nitrogens with one attached hydrogen (secondary N) is 1. The highest BCUT2D eigenvalue weighted by Gasteiger charge is 2.02. The second-order valence-electron chi connectivity index (χ2n) is 2.81. The van der Waals surface area contributed by atoms with Crippen molar-refractivity contribution >= 4 is 42.8 Å². The fourth-order valence-corrected chi connectivity index (χ4v) is 1.84. The Hall–Kier alpha value is -0.680. The minimum Gasteiger partial charge on any atom is -0.309 e. The van der Waals surface area contributed by atoms with E-state index in [1.807, 2.05) is 12.1 Å². The highest BCUT2D eigenvalue weighted by Crippen LogP contribution is 2.15. The Balaban J connectivity index is 2.84. The van der Waals surface area contributed by atoms with Crippen LogP contribution in [-0.4, -0.2) is 9.97 Å². The molecule has 0 aliphatic carbocycles. The molecule has 0 radical (unpaired) electrons. The number of alkyl halides is 1. The lowest BCUT2D eigenvalue weighted by atomic mass is 10.2. The topological polar surface area (TPSA) is 45.8 Å². The fourth-order valence-electron chi connectivity index (χ4n) is 1.22. The third kappa shape index (κ3) is 1.74. The summed E-state index contributed by atoms with van der Waals surface area (Å²) in [6.07, 6.45) is 0. The Morgan fingerprint density at radius 2 is 2.21 bits per heavy atom. The fraction of sp³-hybridized carbons (Fsp3) is 0.111. The predicted molar refractivity (Wildman–Crippen MR) is 62.7 cm³/mol. The molecule has 0 fully saturated rings. The third-order valence-corrected chi connectivity index (χ3v) is 2.87. The number of H-pyrrole nitrogens is 1. The molecule has 3 nitrogen and oxygen atoms in total. The van der Waals surface area contributed by atoms with E-state index in [0.717, 1.165) is 4.47 Å². The summed E-state index contributed by atoms with van der Waals surface area (Å²) < 4.78 is 0.920. The van der Waals surface area contributed by atoms with Crippen LogP contribution in [-0.2, 0) is 5.33 Å². The maximum absolute atomic E-state index is 11.5. The molecule has 1 N–H and O–H groups in total. The highest BCUT2D eigenvalue weighted by molar-refractivity contribution is 9.10. The van der Waals surface area contributed by atoms with Gasteiger partial charge in [-0.05, 0) is 18.2 Å². The molecule has 0 saturated carbocycles. The minimum absolute atomic E-state index is 0.100. The minimum atomic E-state index is -0.100. The van der Waals surface area contributed by atoms with E-state index in [-0.39, 0.29) is 5.56 Å². The van der Waals surface area contributed by atoms with Gasteiger partial charge in [0.15, 0.2) is 0 Å². The molecule has 14 heavy (non-hydrogen) atoms. The van der Waals surface area contributed by atoms with Crippen LogP contribution < -0.4 is 5.56 Å². The molecular weight excluding hydrogens is 312 g/mol. The van der Waals surface area contributed by atoms with E-state index in [1.165, 1.54) is 0 Å². The van der Waals surface area contributed by atoms with Crippen molar-refractivity contribution in [3.05, 3.63) is 38.9 Å². The summed E-state index contributed by atoms with van der Waals surface area (Å²) in [6.45, 7) is 0. The predicted octanol–water partition coefficient (Wildman–Crippen LogP) is 2.58. The molecular formula is C9H6Br2N2O. The Morgan fingerprint density at radius 1 is 1.43 bits per heavy atom. The average Bonchev–Trinajstić information content (AvgIpc) is 2.16. The van der Waals surface area contributed by atoms with E-state index in [0.29, 0.717) is 22.1 Å². The molecule has 0 spiro atoms. The first-order valence-electron chi connectivity index (χ1n) is 3.95. The SMILES string of the molecule is O=c1[nH]c(CBr)nc2cc(Br)ccc12. The number of halogens is 2. The van der Waals surface area contributed by atoms with E-state index < -0.39 is 0 Å². The molecule has 1 aromatic heterocycles. The molecule has 0 aliphatic rings. The quantitative estimate of drug-likeness (QED) is 0.822. The molecule has 2 aromatic rings. The van der Waals surface area contributed by atoms with Crippen molar-refractivity contribution in [3.63, 3.8) is 0 Å². The van der Waals surface area contributed by atoms with Crippen LogP contribution in [0.3, 0.4) is 0 Å². The third-order valence-electron chi connectivity index (χ3n) is 1.84. The van der Waals surface area contributed by atoms with Crippen molar-refractivity contribution in [1.29, 1.82) is 0 Å². The van der Waals surface area contributed by atoms with Gasteiger partial charge in [0.25, 0.3) is 5.56 Å². The van der Waals surface area contributed by atoms with Gasteiger partial charge < -0.3 is 4.98 Å². The molecule has 1 aromatic carbocycles. The maximum Gasteiger partial charge on any atom is 0.258 e. The smallest absolute Gasteiger partial charge is 0.258 e. The van der Waals surface area contributed by atoms with Crippen LogP contribution in [0, 0.1) is 0 Å². The van der Waals surface area contributed by atoms with Gasteiger partial charge >= 0.3 is 0 Å². The largest absolute Gasteiger partial charge is 0.309 e. The van der Waals surface area contributed by atoms with Gasteiger partial charge in [-0.25, -0.2) is 4.98 Å². The van der Waals surface area contributed by atoms with Crippen molar-refractivity contribution < 1.29 is 0 Å². The van der Waals surface area contributed by atoms with E-state index in [1.54, 1.807) is 6.07 Å². The van der Waals surface area contributed by atoms with Crippen LogP contribution in [0.1, 0.15) is 5.82 Å². The number of aromatic nitrogens is 2. The lowest BCUT2D eigenvalue weighted by Crippen LogP contribution is -2.10. The van der Waals surface area contributed by atoms with Gasteiger partial charge in [0.2, 0.25) is 0 Å². The van der Waals surface area contributed by atoms with Crippen LogP contribution in [0.4, 0.5) is 0 Å². The zero-order valence-corrected chi connectivity index (χ0v) is 10.2. The number of aromatic amines is 1. The van der Waals surface area contributed by atoms with Gasteiger partial charge in [-0.1, -0.05) is 31.9 Å². The Bertz CT molecular complexity index is 536. The molecule has 0 saturated heterocycles. The summed E-state index contributed by atoms with van der Waals surface area (Å²) in [6, 6.07) is 5.41. The maximum atomic E-state index is 11.5. The Labute approximate surface area is 96.8 Å². The molecule has 72 valence electrons. The average molecular weight is 318 g/mol. The first-order chi connectivity index (χ1) is 6.70. The second kappa shape index (κ2) is 3.82. The summed E-state index contributed by atoms with van der Waals surface area (Å²) in [4.78, 5) is 18.5. The molecule has 2 rings (SSSR count). The summed E-state index contributed by atoms with van der Waals surface area (Å²) >= 11 is 6.59. The van der Waals surface area contributed by atoms with Crippen molar-refractivity contribution in [1.82, 2.24) is 9.97 Å². The van der Waals surface area contributed by atoms with Crippen molar-refractivity contribution in [2.75, 3.05) is 0 Å². The monoisotopic (exact) mass is 316 g/mol. The first-order valence-corrected chi connectivity index (χ1v) is 5.86. The van der Waals surface area contributed by atoms with E-state index in [4.69, 9.17) is 0 Å². The van der Waals surface area contributed by atoms with Gasteiger partial charge in [-0.3, -0.25) is 4.79 Å². The second-order valence-corrected chi connectivity index (χ2v) is 4.28. The summed E-state index contributed by atoms with van der Waals surface area (Å²) in [5.41, 5.74) is 0.606. The van der Waals surface area contributed by atoms with Crippen LogP contribution in [0.5, 0.6) is 0 Å². The van der Waals surface area contributed by atoms with Crippen LogP contribution in [0.2, 0.25) is 0 Å². The molecule has 0 aliphatic heterocycles. The van der Waals surface area contributed by atoms with Crippen LogP contribution >= 0.6 is 31.9 Å². The summed E-state index contributed by atoms with van der Waals surface area (Å²) in [5, 5.41) is 1.16. The molecule has 0 atom stereocenters. The number of nitrogens with zero attached hydrogens (tertiary/aromatic N) is 1. The van der Waals surface area contributed by atoms with Gasteiger partial charge in [0, 0.05) is 4.47 Å². The van der Waals surface area contributed by atoms with Crippen molar-refractivity contribution in [3.8, 4) is 0 Å². The highest BCUT2D eigenvalue weighted by atomic mass is 79.9. The Kier molecular flexibility index (Phi) is 2.69. The van der Waals surface area contributed by atoms with E-state index in [9.17, 15) is 4.79 Å². The van der Waals surface area contributed by atoms with Crippen LogP contribution in [0.15, 0.2) is 27.5 Å². The standard InChI is InChI=1S/C9H6Br2N2O/c10-4-8-12-7-3-5(11)1-2-6(7)9(14)13-8/h1-3H,4H2,(H,12,13,14). The normalized spacial score (nSPS) is 10.7. The van der Waals surface area contributed by atoms with Gasteiger partial charge in [0.1, 0.15) is 5.82 Å². The van der Waals surface area contributed by atoms with Gasteiger partial charge in [-0.2, -0.15) is 0 Å². The summed E-state index contributed by atoms with van der Waals surface area (Å²) in [5.74, 6) is 0.639. The van der Waals surface area contributed by atoms with Crippen molar-refractivity contribution in [2.45, 2.75) is 5.33 Å².